The van der Waals surface area contributed by atoms with Crippen molar-refractivity contribution in [3.8, 4) is 0 Å². The number of hydrogen-bond acceptors (Lipinski definition) is 1. The zero-order valence-corrected chi connectivity index (χ0v) is 12.9. The quantitative estimate of drug-likeness (QED) is 0.268. The highest BCUT2D eigenvalue weighted by Gasteiger charge is 1.93. The van der Waals surface area contributed by atoms with E-state index in [1.807, 2.05) is 0 Å². The molecule has 0 aromatic heterocycles. The largest absolute Gasteiger partial charge is 0.481 e. The number of rotatable bonds is 13. The van der Waals surface area contributed by atoms with E-state index in [2.05, 4.69) is 43.4 Å². The van der Waals surface area contributed by atoms with Crippen molar-refractivity contribution in [1.82, 2.24) is 0 Å². The van der Waals surface area contributed by atoms with E-state index in [9.17, 15) is 4.79 Å². The van der Waals surface area contributed by atoms with Crippen LogP contribution < -0.4 is 0 Å². The summed E-state index contributed by atoms with van der Waals surface area (Å²) in [5, 5.41) is 8.48. The lowest BCUT2D eigenvalue weighted by molar-refractivity contribution is -0.137. The molecular formula is C18H30O2. The standard InChI is InChI=1S/C18H30O2/c1-2-3-4-5-6-7-8-9-10-11-12-13-14-15-16-17-18(19)20/h7-10,12-13H,2-6,11,14-17H2,1H3,(H,19,20). The van der Waals surface area contributed by atoms with Crippen molar-refractivity contribution >= 4 is 5.97 Å². The molecule has 2 heteroatoms. The summed E-state index contributed by atoms with van der Waals surface area (Å²) in [6.07, 6.45) is 23.3. The predicted molar refractivity (Wildman–Crippen MR) is 86.9 cm³/mol. The van der Waals surface area contributed by atoms with Crippen molar-refractivity contribution in [2.45, 2.75) is 71.1 Å². The van der Waals surface area contributed by atoms with Gasteiger partial charge in [0, 0.05) is 6.42 Å². The van der Waals surface area contributed by atoms with Gasteiger partial charge in [0.2, 0.25) is 0 Å². The van der Waals surface area contributed by atoms with Crippen LogP contribution in [0.3, 0.4) is 0 Å². The summed E-state index contributed by atoms with van der Waals surface area (Å²) in [5.41, 5.74) is 0. The lowest BCUT2D eigenvalue weighted by atomic mass is 10.1. The molecule has 0 bridgehead atoms. The van der Waals surface area contributed by atoms with Gasteiger partial charge in [-0.2, -0.15) is 0 Å². The summed E-state index contributed by atoms with van der Waals surface area (Å²) in [5.74, 6) is -0.696. The third-order valence-corrected chi connectivity index (χ3v) is 3.06. The van der Waals surface area contributed by atoms with Crippen molar-refractivity contribution in [3.63, 3.8) is 0 Å². The van der Waals surface area contributed by atoms with E-state index < -0.39 is 5.97 Å². The summed E-state index contributed by atoms with van der Waals surface area (Å²) in [4.78, 5) is 10.3. The number of carbonyl (C=O) groups is 1. The van der Waals surface area contributed by atoms with Crippen molar-refractivity contribution < 1.29 is 9.90 Å². The Hall–Kier alpha value is -1.31. The van der Waals surface area contributed by atoms with Crippen LogP contribution in [0.4, 0.5) is 0 Å². The van der Waals surface area contributed by atoms with Gasteiger partial charge in [-0.15, -0.1) is 0 Å². The zero-order chi connectivity index (χ0) is 14.9. The molecule has 2 nitrogen and oxygen atoms in total. The van der Waals surface area contributed by atoms with Crippen LogP contribution in [0.1, 0.15) is 71.1 Å². The van der Waals surface area contributed by atoms with Crippen molar-refractivity contribution in [3.05, 3.63) is 36.5 Å². The fourth-order valence-electron chi connectivity index (χ4n) is 1.85. The Balaban J connectivity index is 3.33. The van der Waals surface area contributed by atoms with Gasteiger partial charge in [-0.3, -0.25) is 4.79 Å². The van der Waals surface area contributed by atoms with Gasteiger partial charge < -0.3 is 5.11 Å². The number of allylic oxidation sites excluding steroid dienone is 6. The number of unbranched alkanes of at least 4 members (excludes halogenated alkanes) is 6. The average Bonchev–Trinajstić information content (AvgIpc) is 2.43. The normalized spacial score (nSPS) is 12.1. The Bertz CT molecular complexity index is 301. The number of aliphatic carboxylic acids is 1. The smallest absolute Gasteiger partial charge is 0.303 e. The van der Waals surface area contributed by atoms with Crippen LogP contribution in [-0.2, 0) is 4.79 Å². The second-order valence-corrected chi connectivity index (χ2v) is 5.05. The molecule has 0 saturated heterocycles. The molecule has 0 aliphatic carbocycles. The summed E-state index contributed by atoms with van der Waals surface area (Å²) in [6, 6.07) is 0. The summed E-state index contributed by atoms with van der Waals surface area (Å²) in [6.45, 7) is 2.23. The van der Waals surface area contributed by atoms with Crippen LogP contribution in [0.15, 0.2) is 36.5 Å². The summed E-state index contributed by atoms with van der Waals surface area (Å²) < 4.78 is 0. The molecule has 0 amide bonds. The first kappa shape index (κ1) is 18.7. The molecule has 0 radical (unpaired) electrons. The molecule has 0 aliphatic heterocycles. The minimum absolute atomic E-state index is 0.288. The highest BCUT2D eigenvalue weighted by molar-refractivity contribution is 5.66. The summed E-state index contributed by atoms with van der Waals surface area (Å²) >= 11 is 0. The number of hydrogen-bond donors (Lipinski definition) is 1. The van der Waals surface area contributed by atoms with Crippen LogP contribution in [0.25, 0.3) is 0 Å². The third-order valence-electron chi connectivity index (χ3n) is 3.06. The molecule has 114 valence electrons. The van der Waals surface area contributed by atoms with Gasteiger partial charge in [0.25, 0.3) is 0 Å². The Morgan fingerprint density at radius 2 is 1.55 bits per heavy atom. The molecule has 0 atom stereocenters. The van der Waals surface area contributed by atoms with Gasteiger partial charge in [-0.25, -0.2) is 0 Å². The topological polar surface area (TPSA) is 37.3 Å². The van der Waals surface area contributed by atoms with Crippen molar-refractivity contribution in [1.29, 1.82) is 0 Å². The first-order chi connectivity index (χ1) is 9.77. The van der Waals surface area contributed by atoms with E-state index in [0.29, 0.717) is 0 Å². The molecule has 0 aromatic carbocycles. The molecule has 0 fully saturated rings. The first-order valence-corrected chi connectivity index (χ1v) is 7.95. The zero-order valence-electron chi connectivity index (χ0n) is 12.9. The third kappa shape index (κ3) is 16.7. The van der Waals surface area contributed by atoms with Crippen LogP contribution >= 0.6 is 0 Å². The Labute approximate surface area is 124 Å². The molecule has 0 aliphatic rings. The van der Waals surface area contributed by atoms with Gasteiger partial charge in [-0.05, 0) is 38.5 Å². The van der Waals surface area contributed by atoms with E-state index in [0.717, 1.165) is 25.7 Å². The maximum Gasteiger partial charge on any atom is 0.303 e. The van der Waals surface area contributed by atoms with E-state index >= 15 is 0 Å². The van der Waals surface area contributed by atoms with E-state index in [1.165, 1.54) is 32.1 Å². The predicted octanol–water partition coefficient (Wildman–Crippen LogP) is 5.66. The van der Waals surface area contributed by atoms with E-state index in [-0.39, 0.29) is 6.42 Å². The van der Waals surface area contributed by atoms with Crippen LogP contribution in [0, 0.1) is 0 Å². The number of carboxylic acids is 1. The minimum atomic E-state index is -0.696. The van der Waals surface area contributed by atoms with Crippen LogP contribution in [-0.4, -0.2) is 11.1 Å². The second kappa shape index (κ2) is 15.7. The van der Waals surface area contributed by atoms with Gasteiger partial charge >= 0.3 is 5.97 Å². The first-order valence-electron chi connectivity index (χ1n) is 7.95. The van der Waals surface area contributed by atoms with Gasteiger partial charge in [0.15, 0.2) is 0 Å². The lowest BCUT2D eigenvalue weighted by Crippen LogP contribution is -1.92. The molecule has 0 unspecified atom stereocenters. The fraction of sp³-hybridized carbons (Fsp3) is 0.611. The fourth-order valence-corrected chi connectivity index (χ4v) is 1.85. The average molecular weight is 278 g/mol. The highest BCUT2D eigenvalue weighted by Crippen LogP contribution is 2.03. The maximum absolute atomic E-state index is 10.3. The Morgan fingerprint density at radius 1 is 0.850 bits per heavy atom. The van der Waals surface area contributed by atoms with Crippen molar-refractivity contribution in [2.24, 2.45) is 0 Å². The number of carboxylic acid groups (broad SMARTS) is 1. The molecule has 0 aromatic rings. The monoisotopic (exact) mass is 278 g/mol. The summed E-state index contributed by atoms with van der Waals surface area (Å²) in [7, 11) is 0. The molecular weight excluding hydrogens is 248 g/mol. The highest BCUT2D eigenvalue weighted by atomic mass is 16.4. The molecule has 0 spiro atoms. The Morgan fingerprint density at radius 3 is 2.30 bits per heavy atom. The molecule has 0 heterocycles. The SMILES string of the molecule is CCCCCCC=CC=CCC=CCCCCC(=O)O. The van der Waals surface area contributed by atoms with Gasteiger partial charge in [-0.1, -0.05) is 62.6 Å². The second-order valence-electron chi connectivity index (χ2n) is 5.05. The van der Waals surface area contributed by atoms with Crippen LogP contribution in [0.2, 0.25) is 0 Å². The Kier molecular flexibility index (Phi) is 14.7. The molecule has 1 N–H and O–H groups in total. The van der Waals surface area contributed by atoms with Gasteiger partial charge in [0.1, 0.15) is 0 Å². The molecule has 0 rings (SSSR count). The maximum atomic E-state index is 10.3. The molecule has 20 heavy (non-hydrogen) atoms. The van der Waals surface area contributed by atoms with Crippen molar-refractivity contribution in [2.75, 3.05) is 0 Å². The molecule has 0 saturated carbocycles. The van der Waals surface area contributed by atoms with Crippen LogP contribution in [0.5, 0.6) is 0 Å². The minimum Gasteiger partial charge on any atom is -0.481 e. The van der Waals surface area contributed by atoms with E-state index in [4.69, 9.17) is 5.11 Å². The lowest BCUT2D eigenvalue weighted by Gasteiger charge is -1.93. The van der Waals surface area contributed by atoms with Gasteiger partial charge in [0.05, 0.1) is 0 Å². The van der Waals surface area contributed by atoms with E-state index in [1.54, 1.807) is 0 Å².